The van der Waals surface area contributed by atoms with Gasteiger partial charge in [-0.3, -0.25) is 4.79 Å². The number of ether oxygens (including phenoxy) is 2. The summed E-state index contributed by atoms with van der Waals surface area (Å²) in [4.78, 5) is 12.8. The first-order chi connectivity index (χ1) is 12.9. The Labute approximate surface area is 162 Å². The van der Waals surface area contributed by atoms with Crippen LogP contribution in [-0.4, -0.2) is 19.1 Å². The van der Waals surface area contributed by atoms with E-state index in [1.54, 1.807) is 7.11 Å². The van der Waals surface area contributed by atoms with E-state index < -0.39 is 6.10 Å². The standard InChI is InChI=1S/C23H31NO3/c1-7-21(27-18-11-9-8-10-12-18)23(25)24-17(5)20-14-19(15(2)3)22(26-6)13-16(20)4/h8-15,17,21H,7H2,1-6H3,(H,24,25). The van der Waals surface area contributed by atoms with Gasteiger partial charge in [-0.2, -0.15) is 0 Å². The van der Waals surface area contributed by atoms with Gasteiger partial charge in [0.1, 0.15) is 11.5 Å². The van der Waals surface area contributed by atoms with Crippen molar-refractivity contribution in [2.24, 2.45) is 0 Å². The van der Waals surface area contributed by atoms with Gasteiger partial charge in [0.2, 0.25) is 0 Å². The second-order valence-corrected chi connectivity index (χ2v) is 7.16. The Hall–Kier alpha value is -2.49. The minimum atomic E-state index is -0.516. The molecule has 0 fully saturated rings. The van der Waals surface area contributed by atoms with E-state index in [0.29, 0.717) is 18.1 Å². The van der Waals surface area contributed by atoms with Gasteiger partial charge < -0.3 is 14.8 Å². The summed E-state index contributed by atoms with van der Waals surface area (Å²) in [5.74, 6) is 1.83. The lowest BCUT2D eigenvalue weighted by atomic mass is 9.93. The summed E-state index contributed by atoms with van der Waals surface area (Å²) in [6, 6.07) is 13.5. The molecule has 2 aromatic rings. The van der Waals surface area contributed by atoms with Crippen LogP contribution < -0.4 is 14.8 Å². The van der Waals surface area contributed by atoms with E-state index in [-0.39, 0.29) is 11.9 Å². The van der Waals surface area contributed by atoms with Crippen molar-refractivity contribution in [3.05, 3.63) is 59.2 Å². The Morgan fingerprint density at radius 1 is 1.07 bits per heavy atom. The lowest BCUT2D eigenvalue weighted by molar-refractivity contribution is -0.128. The van der Waals surface area contributed by atoms with E-state index >= 15 is 0 Å². The molecule has 0 aliphatic rings. The fraction of sp³-hybridized carbons (Fsp3) is 0.435. The third-order valence-corrected chi connectivity index (χ3v) is 4.75. The van der Waals surface area contributed by atoms with E-state index in [1.807, 2.05) is 57.2 Å². The van der Waals surface area contributed by atoms with Gasteiger partial charge in [-0.25, -0.2) is 0 Å². The summed E-state index contributed by atoms with van der Waals surface area (Å²) < 4.78 is 11.4. The highest BCUT2D eigenvalue weighted by Gasteiger charge is 2.22. The zero-order chi connectivity index (χ0) is 20.0. The van der Waals surface area contributed by atoms with Crippen LogP contribution in [0.2, 0.25) is 0 Å². The Bertz CT molecular complexity index is 756. The van der Waals surface area contributed by atoms with Crippen LogP contribution in [0.15, 0.2) is 42.5 Å². The van der Waals surface area contributed by atoms with Crippen LogP contribution in [-0.2, 0) is 4.79 Å². The van der Waals surface area contributed by atoms with Crippen molar-refractivity contribution < 1.29 is 14.3 Å². The molecule has 0 heterocycles. The summed E-state index contributed by atoms with van der Waals surface area (Å²) in [6.07, 6.45) is 0.0877. The number of para-hydroxylation sites is 1. The number of nitrogens with one attached hydrogen (secondary N) is 1. The maximum absolute atomic E-state index is 12.8. The minimum Gasteiger partial charge on any atom is -0.496 e. The highest BCUT2D eigenvalue weighted by molar-refractivity contribution is 5.81. The third-order valence-electron chi connectivity index (χ3n) is 4.75. The van der Waals surface area contributed by atoms with E-state index in [0.717, 1.165) is 22.4 Å². The second-order valence-electron chi connectivity index (χ2n) is 7.16. The third kappa shape index (κ3) is 5.25. The first kappa shape index (κ1) is 20.8. The molecule has 0 aliphatic heterocycles. The molecule has 146 valence electrons. The highest BCUT2D eigenvalue weighted by atomic mass is 16.5. The second kappa shape index (κ2) is 9.45. The first-order valence-electron chi connectivity index (χ1n) is 9.57. The van der Waals surface area contributed by atoms with Gasteiger partial charge in [0, 0.05) is 0 Å². The Kier molecular flexibility index (Phi) is 7.28. The number of amides is 1. The number of carbonyl (C=O) groups excluding carboxylic acids is 1. The van der Waals surface area contributed by atoms with E-state index in [2.05, 4.69) is 25.2 Å². The molecule has 1 N–H and O–H groups in total. The lowest BCUT2D eigenvalue weighted by Crippen LogP contribution is -2.39. The summed E-state index contributed by atoms with van der Waals surface area (Å²) >= 11 is 0. The van der Waals surface area contributed by atoms with Crippen LogP contribution in [0.1, 0.15) is 62.8 Å². The number of hydrogen-bond donors (Lipinski definition) is 1. The normalized spacial score (nSPS) is 13.1. The van der Waals surface area contributed by atoms with Crippen molar-refractivity contribution in [3.63, 3.8) is 0 Å². The monoisotopic (exact) mass is 369 g/mol. The molecule has 0 saturated heterocycles. The van der Waals surface area contributed by atoms with Crippen molar-refractivity contribution >= 4 is 5.91 Å². The van der Waals surface area contributed by atoms with E-state index in [4.69, 9.17) is 9.47 Å². The van der Waals surface area contributed by atoms with Crippen molar-refractivity contribution in [1.29, 1.82) is 0 Å². The van der Waals surface area contributed by atoms with Crippen LogP contribution in [0, 0.1) is 6.92 Å². The lowest BCUT2D eigenvalue weighted by Gasteiger charge is -2.23. The molecule has 2 unspecified atom stereocenters. The molecular formula is C23H31NO3. The topological polar surface area (TPSA) is 47.6 Å². The average Bonchev–Trinajstić information content (AvgIpc) is 2.65. The molecule has 0 bridgehead atoms. The quantitative estimate of drug-likeness (QED) is 0.699. The molecule has 4 nitrogen and oxygen atoms in total. The van der Waals surface area contributed by atoms with Gasteiger partial charge in [0.25, 0.3) is 5.91 Å². The fourth-order valence-corrected chi connectivity index (χ4v) is 3.18. The van der Waals surface area contributed by atoms with Crippen LogP contribution >= 0.6 is 0 Å². The smallest absolute Gasteiger partial charge is 0.261 e. The first-order valence-corrected chi connectivity index (χ1v) is 9.57. The molecule has 2 rings (SSSR count). The maximum atomic E-state index is 12.8. The summed E-state index contributed by atoms with van der Waals surface area (Å²) in [6.45, 7) is 10.3. The van der Waals surface area contributed by atoms with Gasteiger partial charge >= 0.3 is 0 Å². The number of methoxy groups -OCH3 is 1. The molecule has 1 amide bonds. The number of aryl methyl sites for hydroxylation is 1. The molecule has 27 heavy (non-hydrogen) atoms. The van der Waals surface area contributed by atoms with Crippen LogP contribution in [0.25, 0.3) is 0 Å². The number of hydrogen-bond acceptors (Lipinski definition) is 3. The van der Waals surface area contributed by atoms with Crippen molar-refractivity contribution in [2.45, 2.75) is 59.1 Å². The molecule has 0 aromatic heterocycles. The molecule has 0 aliphatic carbocycles. The minimum absolute atomic E-state index is 0.102. The number of rotatable bonds is 8. The predicted molar refractivity (Wildman–Crippen MR) is 110 cm³/mol. The Morgan fingerprint density at radius 2 is 1.74 bits per heavy atom. The molecule has 0 saturated carbocycles. The Balaban J connectivity index is 2.16. The fourth-order valence-electron chi connectivity index (χ4n) is 3.18. The Morgan fingerprint density at radius 3 is 2.30 bits per heavy atom. The molecule has 0 spiro atoms. The van der Waals surface area contributed by atoms with Gasteiger partial charge in [-0.15, -0.1) is 0 Å². The molecule has 4 heteroatoms. The molecule has 2 atom stereocenters. The molecular weight excluding hydrogens is 338 g/mol. The SMILES string of the molecule is CCC(Oc1ccccc1)C(=O)NC(C)c1cc(C(C)C)c(OC)cc1C. The van der Waals surface area contributed by atoms with Crippen LogP contribution in [0.3, 0.4) is 0 Å². The van der Waals surface area contributed by atoms with Gasteiger partial charge in [0.05, 0.1) is 13.2 Å². The number of benzene rings is 2. The summed E-state index contributed by atoms with van der Waals surface area (Å²) in [5, 5.41) is 3.11. The largest absolute Gasteiger partial charge is 0.496 e. The average molecular weight is 370 g/mol. The van der Waals surface area contributed by atoms with Crippen molar-refractivity contribution in [2.75, 3.05) is 7.11 Å². The molecule has 2 aromatic carbocycles. The summed E-state index contributed by atoms with van der Waals surface area (Å²) in [5.41, 5.74) is 3.34. The predicted octanol–water partition coefficient (Wildman–Crippen LogP) is 5.16. The number of carbonyl (C=O) groups is 1. The van der Waals surface area contributed by atoms with Gasteiger partial charge in [0.15, 0.2) is 6.10 Å². The summed E-state index contributed by atoms with van der Waals surface area (Å²) in [7, 11) is 1.69. The van der Waals surface area contributed by atoms with Crippen molar-refractivity contribution in [3.8, 4) is 11.5 Å². The van der Waals surface area contributed by atoms with E-state index in [9.17, 15) is 4.79 Å². The van der Waals surface area contributed by atoms with Crippen molar-refractivity contribution in [1.82, 2.24) is 5.32 Å². The zero-order valence-corrected chi connectivity index (χ0v) is 17.2. The van der Waals surface area contributed by atoms with Gasteiger partial charge in [-0.1, -0.05) is 39.0 Å². The maximum Gasteiger partial charge on any atom is 0.261 e. The van der Waals surface area contributed by atoms with Crippen LogP contribution in [0.4, 0.5) is 0 Å². The highest BCUT2D eigenvalue weighted by Crippen LogP contribution is 2.32. The van der Waals surface area contributed by atoms with Gasteiger partial charge in [-0.05, 0) is 67.1 Å². The zero-order valence-electron chi connectivity index (χ0n) is 17.2. The molecule has 0 radical (unpaired) electrons. The van der Waals surface area contributed by atoms with Crippen LogP contribution in [0.5, 0.6) is 11.5 Å². The van der Waals surface area contributed by atoms with E-state index in [1.165, 1.54) is 0 Å².